The summed E-state index contributed by atoms with van der Waals surface area (Å²) in [6, 6.07) is 3.65. The first-order valence-corrected chi connectivity index (χ1v) is 9.60. The summed E-state index contributed by atoms with van der Waals surface area (Å²) in [4.78, 5) is 41.9. The Balaban J connectivity index is 1.42. The van der Waals surface area contributed by atoms with E-state index in [1.807, 2.05) is 17.0 Å². The molecular formula is C20H23N5O3. The number of piperidine rings is 1. The Morgan fingerprint density at radius 1 is 1.00 bits per heavy atom. The Hall–Kier alpha value is -2.87. The van der Waals surface area contributed by atoms with Crippen LogP contribution in [0.15, 0.2) is 36.9 Å². The number of carbonyl (C=O) groups excluding carboxylic acids is 2. The van der Waals surface area contributed by atoms with Gasteiger partial charge >= 0.3 is 0 Å². The number of aromatic nitrogens is 3. The van der Waals surface area contributed by atoms with Gasteiger partial charge in [-0.25, -0.2) is 9.97 Å². The molecule has 0 aromatic carbocycles. The molecule has 0 aliphatic carbocycles. The van der Waals surface area contributed by atoms with Gasteiger partial charge in [0, 0.05) is 56.5 Å². The van der Waals surface area contributed by atoms with E-state index < -0.39 is 0 Å². The molecule has 2 saturated heterocycles. The van der Waals surface area contributed by atoms with Gasteiger partial charge in [0.15, 0.2) is 5.82 Å². The van der Waals surface area contributed by atoms with Crippen LogP contribution in [-0.2, 0) is 9.53 Å². The van der Waals surface area contributed by atoms with Crippen molar-refractivity contribution in [2.24, 2.45) is 5.92 Å². The topological polar surface area (TPSA) is 88.5 Å². The first-order valence-electron chi connectivity index (χ1n) is 9.60. The van der Waals surface area contributed by atoms with Crippen molar-refractivity contribution in [1.82, 2.24) is 24.8 Å². The zero-order valence-electron chi connectivity index (χ0n) is 15.7. The number of hydrogen-bond donors (Lipinski definition) is 0. The van der Waals surface area contributed by atoms with Crippen molar-refractivity contribution < 1.29 is 14.3 Å². The van der Waals surface area contributed by atoms with Crippen molar-refractivity contribution in [1.29, 1.82) is 0 Å². The highest BCUT2D eigenvalue weighted by atomic mass is 16.5. The number of likely N-dealkylation sites (tertiary alicyclic amines) is 1. The molecule has 28 heavy (non-hydrogen) atoms. The minimum absolute atomic E-state index is 0.124. The normalized spacial score (nSPS) is 20.1. The van der Waals surface area contributed by atoms with Crippen LogP contribution < -0.4 is 0 Å². The lowest BCUT2D eigenvalue weighted by molar-refractivity contribution is -0.141. The van der Waals surface area contributed by atoms with Gasteiger partial charge in [0.25, 0.3) is 5.91 Å². The third kappa shape index (κ3) is 4.01. The lowest BCUT2D eigenvalue weighted by atomic mass is 9.96. The van der Waals surface area contributed by atoms with Crippen LogP contribution in [0.25, 0.3) is 11.4 Å². The molecule has 0 bridgehead atoms. The number of hydrogen-bond acceptors (Lipinski definition) is 6. The SMILES string of the molecule is O=C(c1cnc(-c2ccncc2)nc1)N1CCC[C@H](C(=O)N2CCOCC2)C1. The maximum atomic E-state index is 12.9. The van der Waals surface area contributed by atoms with Crippen LogP contribution in [-0.4, -0.2) is 76.0 Å². The Morgan fingerprint density at radius 2 is 1.71 bits per heavy atom. The molecule has 8 nitrogen and oxygen atoms in total. The second kappa shape index (κ2) is 8.43. The standard InChI is InChI=1S/C20H23N5O3/c26-19(24-8-10-28-11-9-24)16-2-1-7-25(14-16)20(27)17-12-22-18(23-13-17)15-3-5-21-6-4-15/h3-6,12-13,16H,1-2,7-11,14H2/t16-/m0/s1. The predicted molar refractivity (Wildman–Crippen MR) is 101 cm³/mol. The van der Waals surface area contributed by atoms with E-state index in [-0.39, 0.29) is 17.7 Å². The summed E-state index contributed by atoms with van der Waals surface area (Å²) in [5, 5.41) is 0. The van der Waals surface area contributed by atoms with Crippen LogP contribution in [0.2, 0.25) is 0 Å². The highest BCUT2D eigenvalue weighted by Crippen LogP contribution is 2.21. The van der Waals surface area contributed by atoms with Gasteiger partial charge in [0.05, 0.1) is 24.7 Å². The van der Waals surface area contributed by atoms with Gasteiger partial charge in [-0.2, -0.15) is 0 Å². The van der Waals surface area contributed by atoms with Gasteiger partial charge in [-0.3, -0.25) is 14.6 Å². The first-order chi connectivity index (χ1) is 13.7. The number of carbonyl (C=O) groups is 2. The molecule has 2 aromatic heterocycles. The molecule has 0 N–H and O–H groups in total. The molecule has 2 aliphatic rings. The number of nitrogens with zero attached hydrogens (tertiary/aromatic N) is 5. The fourth-order valence-electron chi connectivity index (χ4n) is 3.68. The van der Waals surface area contributed by atoms with E-state index in [2.05, 4.69) is 15.0 Å². The van der Waals surface area contributed by atoms with Gasteiger partial charge < -0.3 is 14.5 Å². The lowest BCUT2D eigenvalue weighted by Crippen LogP contribution is -2.49. The van der Waals surface area contributed by atoms with E-state index in [1.54, 1.807) is 29.7 Å². The van der Waals surface area contributed by atoms with E-state index in [1.165, 1.54) is 0 Å². The summed E-state index contributed by atoms with van der Waals surface area (Å²) < 4.78 is 5.32. The maximum absolute atomic E-state index is 12.9. The lowest BCUT2D eigenvalue weighted by Gasteiger charge is -2.36. The molecule has 8 heteroatoms. The highest BCUT2D eigenvalue weighted by molar-refractivity contribution is 5.94. The van der Waals surface area contributed by atoms with Crippen LogP contribution in [0.1, 0.15) is 23.2 Å². The molecule has 2 aromatic rings. The number of morpholine rings is 1. The quantitative estimate of drug-likeness (QED) is 0.795. The summed E-state index contributed by atoms with van der Waals surface area (Å²) in [6.45, 7) is 3.53. The van der Waals surface area contributed by atoms with Crippen LogP contribution >= 0.6 is 0 Å². The molecule has 2 amide bonds. The van der Waals surface area contributed by atoms with E-state index in [4.69, 9.17) is 4.74 Å². The van der Waals surface area contributed by atoms with Gasteiger partial charge in [0.1, 0.15) is 0 Å². The van der Waals surface area contributed by atoms with Crippen LogP contribution in [0.3, 0.4) is 0 Å². The average Bonchev–Trinajstić information content (AvgIpc) is 2.79. The minimum atomic E-state index is -0.146. The molecule has 0 radical (unpaired) electrons. The first kappa shape index (κ1) is 18.5. The predicted octanol–water partition coefficient (Wildman–Crippen LogP) is 1.25. The second-order valence-corrected chi connectivity index (χ2v) is 7.06. The molecule has 146 valence electrons. The summed E-state index contributed by atoms with van der Waals surface area (Å²) in [7, 11) is 0. The molecule has 0 unspecified atom stereocenters. The summed E-state index contributed by atoms with van der Waals surface area (Å²) in [5.74, 6) is 0.414. The molecule has 1 atom stereocenters. The molecule has 0 spiro atoms. The maximum Gasteiger partial charge on any atom is 0.257 e. The van der Waals surface area contributed by atoms with Gasteiger partial charge in [-0.05, 0) is 25.0 Å². The number of ether oxygens (including phenoxy) is 1. The van der Waals surface area contributed by atoms with Crippen molar-refractivity contribution in [2.45, 2.75) is 12.8 Å². The zero-order valence-corrected chi connectivity index (χ0v) is 15.7. The smallest absolute Gasteiger partial charge is 0.257 e. The van der Waals surface area contributed by atoms with Gasteiger partial charge in [-0.15, -0.1) is 0 Å². The highest BCUT2D eigenvalue weighted by Gasteiger charge is 2.32. The summed E-state index contributed by atoms with van der Waals surface area (Å²) >= 11 is 0. The second-order valence-electron chi connectivity index (χ2n) is 7.06. The van der Waals surface area contributed by atoms with Crippen molar-refractivity contribution in [2.75, 3.05) is 39.4 Å². The molecule has 2 fully saturated rings. The van der Waals surface area contributed by atoms with Crippen LogP contribution in [0.5, 0.6) is 0 Å². The monoisotopic (exact) mass is 381 g/mol. The zero-order chi connectivity index (χ0) is 19.3. The van der Waals surface area contributed by atoms with Crippen molar-refractivity contribution >= 4 is 11.8 Å². The number of rotatable bonds is 3. The van der Waals surface area contributed by atoms with Crippen molar-refractivity contribution in [3.8, 4) is 11.4 Å². The molecule has 2 aliphatic heterocycles. The Labute approximate surface area is 163 Å². The van der Waals surface area contributed by atoms with Crippen molar-refractivity contribution in [3.63, 3.8) is 0 Å². The molecular weight excluding hydrogens is 358 g/mol. The third-order valence-electron chi connectivity index (χ3n) is 5.22. The van der Waals surface area contributed by atoms with E-state index in [9.17, 15) is 9.59 Å². The Bertz CT molecular complexity index is 821. The van der Waals surface area contributed by atoms with Crippen LogP contribution in [0, 0.1) is 5.92 Å². The Kier molecular flexibility index (Phi) is 5.57. The fraction of sp³-hybridized carbons (Fsp3) is 0.450. The Morgan fingerprint density at radius 3 is 2.43 bits per heavy atom. The van der Waals surface area contributed by atoms with Gasteiger partial charge in [-0.1, -0.05) is 0 Å². The summed E-state index contributed by atoms with van der Waals surface area (Å²) in [5.41, 5.74) is 1.29. The minimum Gasteiger partial charge on any atom is -0.378 e. The average molecular weight is 381 g/mol. The fourth-order valence-corrected chi connectivity index (χ4v) is 3.68. The molecule has 4 heterocycles. The largest absolute Gasteiger partial charge is 0.378 e. The molecule has 0 saturated carbocycles. The van der Waals surface area contributed by atoms with E-state index in [0.717, 1.165) is 18.4 Å². The van der Waals surface area contributed by atoms with E-state index >= 15 is 0 Å². The number of pyridine rings is 1. The number of amides is 2. The van der Waals surface area contributed by atoms with Gasteiger partial charge in [0.2, 0.25) is 5.91 Å². The van der Waals surface area contributed by atoms with E-state index in [0.29, 0.717) is 50.8 Å². The van der Waals surface area contributed by atoms with Crippen LogP contribution in [0.4, 0.5) is 0 Å². The summed E-state index contributed by atoms with van der Waals surface area (Å²) in [6.07, 6.45) is 8.10. The molecule has 4 rings (SSSR count). The third-order valence-corrected chi connectivity index (χ3v) is 5.22. The van der Waals surface area contributed by atoms with Crippen molar-refractivity contribution in [3.05, 3.63) is 42.5 Å².